The molecular formula is C18H15FN2O6S. The summed E-state index contributed by atoms with van der Waals surface area (Å²) in [6.45, 7) is 0. The number of halogens is 1. The van der Waals surface area contributed by atoms with Gasteiger partial charge in [-0.25, -0.2) is 12.8 Å². The van der Waals surface area contributed by atoms with Gasteiger partial charge in [0.2, 0.25) is 5.91 Å². The standard InChI is InChI=1S/C18H15FN2O6S/c19-12-1-3-15(4-2-12)27-16-7-13(6-14(8-16)21(23)24)20-17-10-28(25,26)9-11(17)5-18(20)22/h1-4,6-8,11,17H,5,9-10H2/t11-,17+/m0/s1. The number of hydrogen-bond acceptors (Lipinski definition) is 6. The Kier molecular flexibility index (Phi) is 4.30. The van der Waals surface area contributed by atoms with Crippen molar-refractivity contribution in [3.05, 3.63) is 58.4 Å². The lowest BCUT2D eigenvalue weighted by Gasteiger charge is -2.23. The van der Waals surface area contributed by atoms with Gasteiger partial charge in [-0.3, -0.25) is 14.9 Å². The quantitative estimate of drug-likeness (QED) is 0.571. The van der Waals surface area contributed by atoms with Gasteiger partial charge in [0.25, 0.3) is 5.69 Å². The normalized spacial score (nSPS) is 22.9. The van der Waals surface area contributed by atoms with Crippen LogP contribution in [0, 0.1) is 21.8 Å². The molecule has 2 atom stereocenters. The third kappa shape index (κ3) is 3.42. The molecule has 2 aliphatic rings. The number of non-ortho nitro benzene ring substituents is 1. The van der Waals surface area contributed by atoms with Gasteiger partial charge in [-0.1, -0.05) is 0 Å². The molecule has 28 heavy (non-hydrogen) atoms. The Labute approximate surface area is 159 Å². The summed E-state index contributed by atoms with van der Waals surface area (Å²) in [4.78, 5) is 24.5. The van der Waals surface area contributed by atoms with E-state index in [9.17, 15) is 27.7 Å². The lowest BCUT2D eigenvalue weighted by Crippen LogP contribution is -2.36. The van der Waals surface area contributed by atoms with E-state index < -0.39 is 26.6 Å². The van der Waals surface area contributed by atoms with Crippen LogP contribution in [0.3, 0.4) is 0 Å². The maximum atomic E-state index is 13.1. The van der Waals surface area contributed by atoms with Crippen LogP contribution in [0.2, 0.25) is 0 Å². The molecule has 10 heteroatoms. The van der Waals surface area contributed by atoms with Crippen LogP contribution in [0.5, 0.6) is 11.5 Å². The number of nitro groups is 1. The molecule has 2 aromatic rings. The molecule has 0 spiro atoms. The van der Waals surface area contributed by atoms with E-state index in [4.69, 9.17) is 4.74 Å². The van der Waals surface area contributed by atoms with Gasteiger partial charge in [-0.2, -0.15) is 0 Å². The number of nitrogens with zero attached hydrogens (tertiary/aromatic N) is 2. The molecule has 2 aliphatic heterocycles. The Hall–Kier alpha value is -3.01. The Morgan fingerprint density at radius 3 is 2.50 bits per heavy atom. The molecule has 4 rings (SSSR count). The summed E-state index contributed by atoms with van der Waals surface area (Å²) in [7, 11) is -3.25. The summed E-state index contributed by atoms with van der Waals surface area (Å²) in [5.74, 6) is -0.928. The zero-order valence-corrected chi connectivity index (χ0v) is 15.3. The highest BCUT2D eigenvalue weighted by atomic mass is 32.2. The van der Waals surface area contributed by atoms with Crippen molar-refractivity contribution >= 4 is 27.1 Å². The van der Waals surface area contributed by atoms with Crippen molar-refractivity contribution in [3.8, 4) is 11.5 Å². The van der Waals surface area contributed by atoms with Crippen LogP contribution in [-0.4, -0.2) is 36.8 Å². The second-order valence-electron chi connectivity index (χ2n) is 6.87. The number of sulfone groups is 1. The van der Waals surface area contributed by atoms with E-state index in [1.165, 1.54) is 47.4 Å². The largest absolute Gasteiger partial charge is 0.457 e. The number of nitro benzene ring substituents is 1. The molecule has 0 saturated carbocycles. The maximum Gasteiger partial charge on any atom is 0.275 e. The number of fused-ring (bicyclic) bond motifs is 1. The number of rotatable bonds is 4. The van der Waals surface area contributed by atoms with Gasteiger partial charge in [0.05, 0.1) is 34.2 Å². The first kappa shape index (κ1) is 18.4. The van der Waals surface area contributed by atoms with Gasteiger partial charge < -0.3 is 9.64 Å². The van der Waals surface area contributed by atoms with E-state index in [2.05, 4.69) is 0 Å². The minimum Gasteiger partial charge on any atom is -0.457 e. The lowest BCUT2D eigenvalue weighted by atomic mass is 10.0. The van der Waals surface area contributed by atoms with Crippen molar-refractivity contribution in [2.45, 2.75) is 12.5 Å². The van der Waals surface area contributed by atoms with Crippen molar-refractivity contribution in [3.63, 3.8) is 0 Å². The Bertz CT molecular complexity index is 1070. The van der Waals surface area contributed by atoms with Gasteiger partial charge >= 0.3 is 0 Å². The van der Waals surface area contributed by atoms with Gasteiger partial charge in [-0.05, 0) is 24.3 Å². The van der Waals surface area contributed by atoms with Crippen LogP contribution in [0.15, 0.2) is 42.5 Å². The van der Waals surface area contributed by atoms with E-state index in [-0.39, 0.29) is 52.6 Å². The molecule has 1 amide bonds. The van der Waals surface area contributed by atoms with E-state index in [0.717, 1.165) is 0 Å². The smallest absolute Gasteiger partial charge is 0.275 e. The van der Waals surface area contributed by atoms with Crippen LogP contribution < -0.4 is 9.64 Å². The van der Waals surface area contributed by atoms with Gasteiger partial charge in [-0.15, -0.1) is 0 Å². The molecule has 0 N–H and O–H groups in total. The average Bonchev–Trinajstić information content (AvgIpc) is 3.06. The summed E-state index contributed by atoms with van der Waals surface area (Å²) < 4.78 is 42.5. The fourth-order valence-electron chi connectivity index (χ4n) is 3.74. The SMILES string of the molecule is O=C1C[C@H]2CS(=O)(=O)C[C@H]2N1c1cc(Oc2ccc(F)cc2)cc([N+](=O)[O-])c1. The van der Waals surface area contributed by atoms with E-state index in [0.29, 0.717) is 0 Å². The minimum absolute atomic E-state index is 0.0617. The molecule has 0 bridgehead atoms. The van der Waals surface area contributed by atoms with Crippen LogP contribution in [0.4, 0.5) is 15.8 Å². The first-order chi connectivity index (χ1) is 13.2. The molecule has 0 radical (unpaired) electrons. The fraction of sp³-hybridized carbons (Fsp3) is 0.278. The molecule has 8 nitrogen and oxygen atoms in total. The molecule has 2 fully saturated rings. The Balaban J connectivity index is 1.72. The van der Waals surface area contributed by atoms with Gasteiger partial charge in [0, 0.05) is 24.5 Å². The molecule has 2 heterocycles. The Morgan fingerprint density at radius 2 is 1.82 bits per heavy atom. The summed E-state index contributed by atoms with van der Waals surface area (Å²) in [6.07, 6.45) is 0.0841. The van der Waals surface area contributed by atoms with Crippen molar-refractivity contribution < 1.29 is 27.3 Å². The first-order valence-electron chi connectivity index (χ1n) is 8.47. The summed E-state index contributed by atoms with van der Waals surface area (Å²) >= 11 is 0. The lowest BCUT2D eigenvalue weighted by molar-refractivity contribution is -0.384. The number of ether oxygens (including phenoxy) is 1. The summed E-state index contributed by atoms with van der Waals surface area (Å²) in [5, 5.41) is 11.3. The minimum atomic E-state index is -3.25. The Morgan fingerprint density at radius 1 is 1.11 bits per heavy atom. The van der Waals surface area contributed by atoms with E-state index >= 15 is 0 Å². The van der Waals surface area contributed by atoms with E-state index in [1.807, 2.05) is 0 Å². The third-order valence-corrected chi connectivity index (χ3v) is 6.67. The first-order valence-corrected chi connectivity index (χ1v) is 10.3. The monoisotopic (exact) mass is 406 g/mol. The van der Waals surface area contributed by atoms with Crippen molar-refractivity contribution in [1.29, 1.82) is 0 Å². The molecule has 0 aromatic heterocycles. The number of anilines is 1. The number of hydrogen-bond donors (Lipinski definition) is 0. The predicted molar refractivity (Wildman–Crippen MR) is 97.6 cm³/mol. The molecule has 146 valence electrons. The molecule has 2 saturated heterocycles. The number of amides is 1. The number of carbonyl (C=O) groups is 1. The zero-order chi connectivity index (χ0) is 20.1. The van der Waals surface area contributed by atoms with Crippen LogP contribution in [0.25, 0.3) is 0 Å². The van der Waals surface area contributed by atoms with Crippen molar-refractivity contribution in [2.75, 3.05) is 16.4 Å². The summed E-state index contributed by atoms with van der Waals surface area (Å²) in [5.41, 5.74) is -0.0902. The highest BCUT2D eigenvalue weighted by Crippen LogP contribution is 2.40. The van der Waals surface area contributed by atoms with Crippen LogP contribution in [-0.2, 0) is 14.6 Å². The van der Waals surface area contributed by atoms with Crippen LogP contribution >= 0.6 is 0 Å². The predicted octanol–water partition coefficient (Wildman–Crippen LogP) is 2.68. The molecule has 0 aliphatic carbocycles. The second-order valence-corrected chi connectivity index (χ2v) is 9.02. The highest BCUT2D eigenvalue weighted by molar-refractivity contribution is 7.91. The molecular weight excluding hydrogens is 391 g/mol. The fourth-order valence-corrected chi connectivity index (χ4v) is 5.81. The van der Waals surface area contributed by atoms with Crippen molar-refractivity contribution in [2.24, 2.45) is 5.92 Å². The van der Waals surface area contributed by atoms with Gasteiger partial charge in [0.1, 0.15) is 17.3 Å². The maximum absolute atomic E-state index is 13.1. The topological polar surface area (TPSA) is 107 Å². The number of benzene rings is 2. The second kappa shape index (κ2) is 6.55. The summed E-state index contributed by atoms with van der Waals surface area (Å²) in [6, 6.07) is 8.43. The van der Waals surface area contributed by atoms with Gasteiger partial charge in [0.15, 0.2) is 9.84 Å². The third-order valence-electron chi connectivity index (χ3n) is 4.89. The average molecular weight is 406 g/mol. The van der Waals surface area contributed by atoms with Crippen molar-refractivity contribution in [1.82, 2.24) is 0 Å². The molecule has 2 aromatic carbocycles. The van der Waals surface area contributed by atoms with Crippen LogP contribution in [0.1, 0.15) is 6.42 Å². The van der Waals surface area contributed by atoms with E-state index in [1.54, 1.807) is 0 Å². The highest BCUT2D eigenvalue weighted by Gasteiger charge is 2.49. The molecule has 0 unspecified atom stereocenters. The zero-order valence-electron chi connectivity index (χ0n) is 14.4. The number of carbonyl (C=O) groups excluding carboxylic acids is 1.